The van der Waals surface area contributed by atoms with Gasteiger partial charge in [0.05, 0.1) is 7.11 Å². The van der Waals surface area contributed by atoms with Gasteiger partial charge in [0, 0.05) is 16.3 Å². The largest absolute Gasteiger partial charge is 0.497 e. The van der Waals surface area contributed by atoms with E-state index in [1.54, 1.807) is 7.11 Å². The lowest BCUT2D eigenvalue weighted by Gasteiger charge is -2.11. The fourth-order valence-corrected chi connectivity index (χ4v) is 2.20. The second kappa shape index (κ2) is 7.82. The molecule has 1 atom stereocenters. The molecule has 5 heteroatoms. The van der Waals surface area contributed by atoms with Crippen molar-refractivity contribution in [2.45, 2.75) is 13.0 Å². The Hall–Kier alpha value is -2.04. The van der Waals surface area contributed by atoms with Crippen LogP contribution >= 0.6 is 11.6 Å². The first-order valence-electron chi connectivity index (χ1n) is 7.11. The predicted molar refractivity (Wildman–Crippen MR) is 88.3 cm³/mol. The Kier molecular flexibility index (Phi) is 5.81. The summed E-state index contributed by atoms with van der Waals surface area (Å²) in [5.74, 6) is 0.729. The van der Waals surface area contributed by atoms with E-state index in [1.807, 2.05) is 53.8 Å². The number of carbonyl (C=O) groups is 1. The molecule has 0 spiro atoms. The summed E-state index contributed by atoms with van der Waals surface area (Å²) in [5.41, 5.74) is 1.90. The quantitative estimate of drug-likeness (QED) is 0.860. The zero-order chi connectivity index (χ0) is 15.9. The van der Waals surface area contributed by atoms with Crippen molar-refractivity contribution in [1.29, 1.82) is 0 Å². The van der Waals surface area contributed by atoms with Crippen molar-refractivity contribution in [2.24, 2.45) is 0 Å². The van der Waals surface area contributed by atoms with E-state index in [-0.39, 0.29) is 11.9 Å². The fraction of sp³-hybridized carbons (Fsp3) is 0.235. The highest BCUT2D eigenvalue weighted by Crippen LogP contribution is 2.15. The maximum Gasteiger partial charge on any atom is 0.279 e. The van der Waals surface area contributed by atoms with Crippen LogP contribution in [0.15, 0.2) is 48.5 Å². The topological polar surface area (TPSA) is 54.9 Å². The number of hydrogen-bond donors (Lipinski definition) is 2. The third-order valence-electron chi connectivity index (χ3n) is 3.43. The summed E-state index contributed by atoms with van der Waals surface area (Å²) >= 11 is 5.87. The van der Waals surface area contributed by atoms with Crippen LogP contribution in [0, 0.1) is 0 Å². The van der Waals surface area contributed by atoms with Crippen LogP contribution in [0.4, 0.5) is 5.69 Å². The van der Waals surface area contributed by atoms with Gasteiger partial charge in [-0.25, -0.2) is 0 Å². The molecular formula is C17H20ClN2O2+. The van der Waals surface area contributed by atoms with E-state index in [4.69, 9.17) is 16.3 Å². The smallest absolute Gasteiger partial charge is 0.279 e. The average Bonchev–Trinajstić information content (AvgIpc) is 2.54. The van der Waals surface area contributed by atoms with Crippen LogP contribution in [0.1, 0.15) is 18.5 Å². The lowest BCUT2D eigenvalue weighted by molar-refractivity contribution is -0.682. The molecule has 3 N–H and O–H groups in total. The molecule has 0 unspecified atom stereocenters. The third-order valence-corrected chi connectivity index (χ3v) is 3.68. The number of methoxy groups -OCH3 is 1. The van der Waals surface area contributed by atoms with Crippen molar-refractivity contribution >= 4 is 23.2 Å². The monoisotopic (exact) mass is 319 g/mol. The van der Waals surface area contributed by atoms with Gasteiger partial charge in [0.2, 0.25) is 0 Å². The molecule has 0 radical (unpaired) electrons. The van der Waals surface area contributed by atoms with Gasteiger partial charge >= 0.3 is 0 Å². The Labute approximate surface area is 135 Å². The number of benzene rings is 2. The maximum atomic E-state index is 12.0. The van der Waals surface area contributed by atoms with Crippen molar-refractivity contribution in [3.05, 3.63) is 59.1 Å². The van der Waals surface area contributed by atoms with Gasteiger partial charge in [0.1, 0.15) is 11.8 Å². The molecule has 2 aromatic rings. The first-order valence-corrected chi connectivity index (χ1v) is 7.49. The van der Waals surface area contributed by atoms with E-state index in [0.717, 1.165) is 17.0 Å². The lowest BCUT2D eigenvalue weighted by atomic mass is 10.1. The summed E-state index contributed by atoms with van der Waals surface area (Å²) in [6, 6.07) is 15.1. The van der Waals surface area contributed by atoms with Crippen molar-refractivity contribution in [2.75, 3.05) is 19.0 Å². The molecule has 0 heterocycles. The number of anilines is 1. The van der Waals surface area contributed by atoms with Crippen LogP contribution in [0.3, 0.4) is 0 Å². The minimum atomic E-state index is -0.0361. The predicted octanol–water partition coefficient (Wildman–Crippen LogP) is 2.61. The Morgan fingerprint density at radius 1 is 1.18 bits per heavy atom. The average molecular weight is 320 g/mol. The van der Waals surface area contributed by atoms with E-state index >= 15 is 0 Å². The standard InChI is InChI=1S/C17H19ClN2O2/c1-12(13-3-5-14(18)6-4-13)19-11-17(21)20-15-7-9-16(22-2)10-8-15/h3-10,12,19H,11H2,1-2H3,(H,20,21)/p+1/t12-/m1/s1. The highest BCUT2D eigenvalue weighted by Gasteiger charge is 2.11. The number of carbonyl (C=O) groups excluding carboxylic acids is 1. The van der Waals surface area contributed by atoms with Crippen molar-refractivity contribution < 1.29 is 14.8 Å². The molecule has 2 aromatic carbocycles. The Bertz CT molecular complexity index is 612. The first-order chi connectivity index (χ1) is 10.6. The van der Waals surface area contributed by atoms with Crippen molar-refractivity contribution in [1.82, 2.24) is 0 Å². The van der Waals surface area contributed by atoms with Gasteiger partial charge in [0.25, 0.3) is 5.91 Å². The number of rotatable bonds is 6. The number of ether oxygens (including phenoxy) is 1. The van der Waals surface area contributed by atoms with Crippen LogP contribution in [0.25, 0.3) is 0 Å². The third kappa shape index (κ3) is 4.76. The minimum Gasteiger partial charge on any atom is -0.497 e. The Morgan fingerprint density at radius 2 is 1.82 bits per heavy atom. The van der Waals surface area contributed by atoms with E-state index in [1.165, 1.54) is 0 Å². The second-order valence-corrected chi connectivity index (χ2v) is 5.49. The number of nitrogens with one attached hydrogen (secondary N) is 1. The van der Waals surface area contributed by atoms with Gasteiger partial charge in [-0.2, -0.15) is 0 Å². The van der Waals surface area contributed by atoms with Crippen LogP contribution in [-0.4, -0.2) is 19.6 Å². The summed E-state index contributed by atoms with van der Waals surface area (Å²) in [6.45, 7) is 2.42. The van der Waals surface area contributed by atoms with Crippen LogP contribution < -0.4 is 15.4 Å². The molecule has 0 saturated carbocycles. The molecule has 4 nitrogen and oxygen atoms in total. The lowest BCUT2D eigenvalue weighted by Crippen LogP contribution is -2.86. The summed E-state index contributed by atoms with van der Waals surface area (Å²) in [5, 5.41) is 5.57. The molecule has 0 saturated heterocycles. The molecule has 0 aliphatic rings. The van der Waals surface area contributed by atoms with Gasteiger partial charge in [-0.15, -0.1) is 0 Å². The highest BCUT2D eigenvalue weighted by molar-refractivity contribution is 6.30. The van der Waals surface area contributed by atoms with Crippen molar-refractivity contribution in [3.8, 4) is 5.75 Å². The van der Waals surface area contributed by atoms with E-state index in [9.17, 15) is 4.79 Å². The summed E-state index contributed by atoms with van der Waals surface area (Å²) in [7, 11) is 1.61. The van der Waals surface area contributed by atoms with Gasteiger partial charge in [-0.05, 0) is 43.3 Å². The van der Waals surface area contributed by atoms with E-state index < -0.39 is 0 Å². The molecule has 0 aliphatic heterocycles. The molecule has 116 valence electrons. The first kappa shape index (κ1) is 16.3. The highest BCUT2D eigenvalue weighted by atomic mass is 35.5. The number of hydrogen-bond acceptors (Lipinski definition) is 2. The molecular weight excluding hydrogens is 300 g/mol. The van der Waals surface area contributed by atoms with Gasteiger partial charge < -0.3 is 15.4 Å². The normalized spacial score (nSPS) is 11.8. The summed E-state index contributed by atoms with van der Waals surface area (Å²) < 4.78 is 5.08. The molecule has 0 fully saturated rings. The van der Waals surface area contributed by atoms with Gasteiger partial charge in [-0.3, -0.25) is 4.79 Å². The van der Waals surface area contributed by atoms with Crippen LogP contribution in [0.2, 0.25) is 5.02 Å². The summed E-state index contributed by atoms with van der Waals surface area (Å²) in [4.78, 5) is 12.0. The van der Waals surface area contributed by atoms with Crippen LogP contribution in [-0.2, 0) is 4.79 Å². The zero-order valence-corrected chi connectivity index (χ0v) is 13.4. The maximum absolute atomic E-state index is 12.0. The molecule has 1 amide bonds. The number of quaternary nitrogens is 1. The number of nitrogens with two attached hydrogens (primary N) is 1. The second-order valence-electron chi connectivity index (χ2n) is 5.06. The number of halogens is 1. The molecule has 0 aliphatic carbocycles. The molecule has 0 aromatic heterocycles. The van der Waals surface area contributed by atoms with E-state index in [0.29, 0.717) is 11.6 Å². The Balaban J connectivity index is 1.82. The van der Waals surface area contributed by atoms with Gasteiger partial charge in [-0.1, -0.05) is 23.7 Å². The molecule has 0 bridgehead atoms. The Morgan fingerprint density at radius 3 is 2.41 bits per heavy atom. The van der Waals surface area contributed by atoms with Gasteiger partial charge in [0.15, 0.2) is 6.54 Å². The fourth-order valence-electron chi connectivity index (χ4n) is 2.07. The van der Waals surface area contributed by atoms with Crippen molar-refractivity contribution in [3.63, 3.8) is 0 Å². The van der Waals surface area contributed by atoms with E-state index in [2.05, 4.69) is 12.2 Å². The summed E-state index contributed by atoms with van der Waals surface area (Å²) in [6.07, 6.45) is 0. The van der Waals surface area contributed by atoms with Crippen LogP contribution in [0.5, 0.6) is 5.75 Å². The minimum absolute atomic E-state index is 0.0361. The molecule has 22 heavy (non-hydrogen) atoms. The molecule has 2 rings (SSSR count). The number of amides is 1. The zero-order valence-electron chi connectivity index (χ0n) is 12.7. The SMILES string of the molecule is COc1ccc(NC(=O)C[NH2+][C@H](C)c2ccc(Cl)cc2)cc1.